The summed E-state index contributed by atoms with van der Waals surface area (Å²) in [4.78, 5) is 4.87. The third-order valence-corrected chi connectivity index (χ3v) is 4.42. The number of benzene rings is 1. The zero-order valence-electron chi connectivity index (χ0n) is 13.8. The van der Waals surface area contributed by atoms with Gasteiger partial charge in [0.25, 0.3) is 0 Å². The highest BCUT2D eigenvalue weighted by Crippen LogP contribution is 2.28. The van der Waals surface area contributed by atoms with Gasteiger partial charge in [0.1, 0.15) is 0 Å². The van der Waals surface area contributed by atoms with Gasteiger partial charge in [-0.1, -0.05) is 6.07 Å². The molecule has 1 aliphatic heterocycles. The minimum Gasteiger partial charge on any atom is -0.493 e. The zero-order valence-corrected chi connectivity index (χ0v) is 13.8. The molecule has 0 aromatic heterocycles. The largest absolute Gasteiger partial charge is 0.493 e. The van der Waals surface area contributed by atoms with Gasteiger partial charge in [0, 0.05) is 12.6 Å². The molecule has 1 saturated heterocycles. The van der Waals surface area contributed by atoms with E-state index in [2.05, 4.69) is 36.0 Å². The van der Waals surface area contributed by atoms with Gasteiger partial charge in [-0.25, -0.2) is 0 Å². The van der Waals surface area contributed by atoms with Crippen molar-refractivity contribution in [3.05, 3.63) is 23.8 Å². The fourth-order valence-corrected chi connectivity index (χ4v) is 3.08. The molecule has 2 rings (SSSR count). The normalized spacial score (nSPS) is 19.2. The van der Waals surface area contributed by atoms with Crippen LogP contribution in [0.5, 0.6) is 11.5 Å². The number of rotatable bonds is 7. The predicted octanol–water partition coefficient (Wildman–Crippen LogP) is 2.62. The van der Waals surface area contributed by atoms with E-state index in [1.54, 1.807) is 14.2 Å². The number of hydrogen-bond acceptors (Lipinski definition) is 4. The van der Waals surface area contributed by atoms with Gasteiger partial charge in [0.2, 0.25) is 0 Å². The molecule has 1 heterocycles. The van der Waals surface area contributed by atoms with Crippen LogP contribution in [0.2, 0.25) is 0 Å². The Hall–Kier alpha value is -1.26. The van der Waals surface area contributed by atoms with Crippen molar-refractivity contribution in [1.82, 2.24) is 9.80 Å². The second-order valence-electron chi connectivity index (χ2n) is 5.99. The van der Waals surface area contributed by atoms with Crippen molar-refractivity contribution in [3.63, 3.8) is 0 Å². The molecule has 0 N–H and O–H groups in total. The first-order chi connectivity index (χ1) is 10.1. The Bertz CT molecular complexity index is 450. The Morgan fingerprint density at radius 1 is 1.24 bits per heavy atom. The van der Waals surface area contributed by atoms with E-state index in [-0.39, 0.29) is 0 Å². The highest BCUT2D eigenvalue weighted by atomic mass is 16.5. The number of methoxy groups -OCH3 is 2. The Labute approximate surface area is 128 Å². The van der Waals surface area contributed by atoms with Crippen LogP contribution in [0, 0.1) is 0 Å². The summed E-state index contributed by atoms with van der Waals surface area (Å²) in [6.07, 6.45) is 3.95. The van der Waals surface area contributed by atoms with Crippen molar-refractivity contribution >= 4 is 0 Å². The van der Waals surface area contributed by atoms with Crippen molar-refractivity contribution in [3.8, 4) is 11.5 Å². The van der Waals surface area contributed by atoms with Crippen molar-refractivity contribution < 1.29 is 9.47 Å². The van der Waals surface area contributed by atoms with Gasteiger partial charge in [0.15, 0.2) is 11.5 Å². The van der Waals surface area contributed by atoms with Gasteiger partial charge in [-0.05, 0) is 64.1 Å². The molecule has 0 saturated carbocycles. The molecule has 0 unspecified atom stereocenters. The van der Waals surface area contributed by atoms with Crippen molar-refractivity contribution in [2.24, 2.45) is 0 Å². The molecular formula is C17H28N2O2. The van der Waals surface area contributed by atoms with E-state index < -0.39 is 0 Å². The summed E-state index contributed by atoms with van der Waals surface area (Å²) in [5, 5.41) is 0. The maximum atomic E-state index is 5.36. The van der Waals surface area contributed by atoms with E-state index in [1.807, 2.05) is 6.07 Å². The van der Waals surface area contributed by atoms with E-state index in [4.69, 9.17) is 9.47 Å². The smallest absolute Gasteiger partial charge is 0.161 e. The molecular weight excluding hydrogens is 264 g/mol. The highest BCUT2D eigenvalue weighted by Gasteiger charge is 2.20. The molecule has 1 aliphatic rings. The van der Waals surface area contributed by atoms with Crippen LogP contribution in [0.25, 0.3) is 0 Å². The van der Waals surface area contributed by atoms with E-state index in [0.717, 1.165) is 30.6 Å². The lowest BCUT2D eigenvalue weighted by Gasteiger charge is -2.23. The highest BCUT2D eigenvalue weighted by molar-refractivity contribution is 5.42. The summed E-state index contributed by atoms with van der Waals surface area (Å²) in [6.45, 7) is 3.32. The second kappa shape index (κ2) is 7.66. The molecule has 4 heteroatoms. The Morgan fingerprint density at radius 2 is 2.00 bits per heavy atom. The van der Waals surface area contributed by atoms with Crippen LogP contribution < -0.4 is 9.47 Å². The van der Waals surface area contributed by atoms with Crippen LogP contribution in [-0.4, -0.2) is 57.2 Å². The van der Waals surface area contributed by atoms with Crippen molar-refractivity contribution in [2.45, 2.75) is 31.8 Å². The van der Waals surface area contributed by atoms with Crippen LogP contribution in [0.4, 0.5) is 0 Å². The summed E-state index contributed by atoms with van der Waals surface area (Å²) in [5.74, 6) is 1.59. The fraction of sp³-hybridized carbons (Fsp3) is 0.647. The molecule has 1 fully saturated rings. The van der Waals surface area contributed by atoms with Crippen LogP contribution in [0.1, 0.15) is 24.8 Å². The first-order valence-electron chi connectivity index (χ1n) is 7.73. The van der Waals surface area contributed by atoms with Gasteiger partial charge >= 0.3 is 0 Å². The van der Waals surface area contributed by atoms with Crippen molar-refractivity contribution in [1.29, 1.82) is 0 Å². The molecule has 1 atom stereocenters. The van der Waals surface area contributed by atoms with Crippen LogP contribution >= 0.6 is 0 Å². The number of ether oxygens (including phenoxy) is 2. The molecule has 0 amide bonds. The molecule has 4 nitrogen and oxygen atoms in total. The minimum absolute atomic E-state index is 0.762. The topological polar surface area (TPSA) is 24.9 Å². The number of hydrogen-bond donors (Lipinski definition) is 0. The Balaban J connectivity index is 1.85. The fourth-order valence-electron chi connectivity index (χ4n) is 3.08. The first kappa shape index (κ1) is 16.1. The number of nitrogens with zero attached hydrogens (tertiary/aromatic N) is 2. The molecule has 118 valence electrons. The van der Waals surface area contributed by atoms with Crippen LogP contribution in [-0.2, 0) is 6.54 Å². The van der Waals surface area contributed by atoms with Gasteiger partial charge in [-0.15, -0.1) is 0 Å². The zero-order chi connectivity index (χ0) is 15.2. The SMILES string of the molecule is COc1ccc(CN(C)CC[C@H]2CCCN2C)cc1OC. The first-order valence-corrected chi connectivity index (χ1v) is 7.73. The Kier molecular flexibility index (Phi) is 5.88. The summed E-state index contributed by atoms with van der Waals surface area (Å²) in [7, 11) is 7.78. The van der Waals surface area contributed by atoms with E-state index in [9.17, 15) is 0 Å². The van der Waals surface area contributed by atoms with Gasteiger partial charge in [-0.2, -0.15) is 0 Å². The predicted molar refractivity (Wildman–Crippen MR) is 86.1 cm³/mol. The maximum Gasteiger partial charge on any atom is 0.161 e. The maximum absolute atomic E-state index is 5.36. The van der Waals surface area contributed by atoms with E-state index in [1.165, 1.54) is 31.4 Å². The summed E-state index contributed by atoms with van der Waals surface area (Å²) in [5.41, 5.74) is 1.26. The molecule has 1 aromatic rings. The average molecular weight is 292 g/mol. The number of likely N-dealkylation sites (tertiary alicyclic amines) is 1. The lowest BCUT2D eigenvalue weighted by atomic mass is 10.1. The average Bonchev–Trinajstić information content (AvgIpc) is 2.90. The minimum atomic E-state index is 0.762. The van der Waals surface area contributed by atoms with Crippen LogP contribution in [0.3, 0.4) is 0 Å². The standard InChI is InChI=1S/C17H28N2O2/c1-18(11-9-15-6-5-10-19(15)2)13-14-7-8-16(20-3)17(12-14)21-4/h7-8,12,15H,5-6,9-11,13H2,1-4H3/t15-/m1/s1. The molecule has 0 radical (unpaired) electrons. The molecule has 0 aliphatic carbocycles. The third kappa shape index (κ3) is 4.35. The summed E-state index contributed by atoms with van der Waals surface area (Å²) < 4.78 is 10.6. The summed E-state index contributed by atoms with van der Waals surface area (Å²) >= 11 is 0. The van der Waals surface area contributed by atoms with Gasteiger partial charge in [-0.3, -0.25) is 0 Å². The quantitative estimate of drug-likeness (QED) is 0.771. The van der Waals surface area contributed by atoms with Crippen molar-refractivity contribution in [2.75, 3.05) is 41.4 Å². The molecule has 21 heavy (non-hydrogen) atoms. The molecule has 0 spiro atoms. The van der Waals surface area contributed by atoms with Gasteiger partial charge < -0.3 is 19.3 Å². The van der Waals surface area contributed by atoms with E-state index >= 15 is 0 Å². The lowest BCUT2D eigenvalue weighted by molar-refractivity contribution is 0.245. The summed E-state index contributed by atoms with van der Waals surface area (Å²) in [6, 6.07) is 6.92. The van der Waals surface area contributed by atoms with E-state index in [0.29, 0.717) is 0 Å². The Morgan fingerprint density at radius 3 is 2.62 bits per heavy atom. The van der Waals surface area contributed by atoms with Crippen LogP contribution in [0.15, 0.2) is 18.2 Å². The molecule has 1 aromatic carbocycles. The lowest BCUT2D eigenvalue weighted by Crippen LogP contribution is -2.29. The second-order valence-corrected chi connectivity index (χ2v) is 5.99. The van der Waals surface area contributed by atoms with Gasteiger partial charge in [0.05, 0.1) is 14.2 Å². The molecule has 0 bridgehead atoms. The third-order valence-electron chi connectivity index (χ3n) is 4.42. The monoisotopic (exact) mass is 292 g/mol.